The Hall–Kier alpha value is -1.82. The maximum absolute atomic E-state index is 11.8. The Balaban J connectivity index is 1.68. The highest BCUT2D eigenvalue weighted by atomic mass is 16.5. The predicted molar refractivity (Wildman–Crippen MR) is 76.7 cm³/mol. The molecule has 0 saturated carbocycles. The highest BCUT2D eigenvalue weighted by molar-refractivity contribution is 5.86. The average Bonchev–Trinajstić information content (AvgIpc) is 3.00. The van der Waals surface area contributed by atoms with E-state index in [1.54, 1.807) is 12.1 Å². The van der Waals surface area contributed by atoms with Gasteiger partial charge in [0.2, 0.25) is 11.7 Å². The van der Waals surface area contributed by atoms with Gasteiger partial charge in [-0.2, -0.15) is 0 Å². The van der Waals surface area contributed by atoms with Crippen LogP contribution >= 0.6 is 0 Å². The van der Waals surface area contributed by atoms with Crippen molar-refractivity contribution < 1.29 is 18.7 Å². The molecule has 21 heavy (non-hydrogen) atoms. The summed E-state index contributed by atoms with van der Waals surface area (Å²) in [6, 6.07) is 3.21. The molecule has 1 saturated heterocycles. The summed E-state index contributed by atoms with van der Waals surface area (Å²) >= 11 is 0. The second kappa shape index (κ2) is 7.83. The van der Waals surface area contributed by atoms with Crippen molar-refractivity contribution in [1.82, 2.24) is 10.6 Å². The van der Waals surface area contributed by atoms with Crippen LogP contribution in [-0.4, -0.2) is 32.1 Å². The molecule has 0 bridgehead atoms. The lowest BCUT2D eigenvalue weighted by Gasteiger charge is -2.22. The number of ether oxygens (including phenoxy) is 1. The van der Waals surface area contributed by atoms with Crippen molar-refractivity contribution in [3.8, 4) is 0 Å². The average molecular weight is 294 g/mol. The molecule has 1 aromatic heterocycles. The van der Waals surface area contributed by atoms with Crippen LogP contribution in [0.1, 0.15) is 42.0 Å². The third kappa shape index (κ3) is 4.90. The number of esters is 1. The number of piperidine rings is 1. The van der Waals surface area contributed by atoms with Crippen molar-refractivity contribution in [3.05, 3.63) is 23.7 Å². The molecule has 1 fully saturated rings. The number of amides is 1. The van der Waals surface area contributed by atoms with Crippen LogP contribution in [0.25, 0.3) is 0 Å². The largest absolute Gasteiger partial charge is 0.463 e. The molecule has 0 atom stereocenters. The minimum absolute atomic E-state index is 0.0181. The number of methoxy groups -OCH3 is 1. The number of carbonyl (C=O) groups excluding carboxylic acids is 2. The summed E-state index contributed by atoms with van der Waals surface area (Å²) in [6.07, 6.45) is 3.76. The summed E-state index contributed by atoms with van der Waals surface area (Å²) in [5.74, 6) is 0.844. The Morgan fingerprint density at radius 2 is 2.14 bits per heavy atom. The van der Waals surface area contributed by atoms with E-state index in [1.807, 2.05) is 0 Å². The molecule has 1 amide bonds. The van der Waals surface area contributed by atoms with Crippen molar-refractivity contribution in [2.24, 2.45) is 5.92 Å². The first-order valence-corrected chi connectivity index (χ1v) is 7.33. The number of rotatable bonds is 6. The fourth-order valence-corrected chi connectivity index (χ4v) is 2.46. The second-order valence-corrected chi connectivity index (χ2v) is 5.27. The molecule has 1 aromatic rings. The van der Waals surface area contributed by atoms with Gasteiger partial charge in [-0.3, -0.25) is 4.79 Å². The van der Waals surface area contributed by atoms with Gasteiger partial charge in [0, 0.05) is 6.42 Å². The zero-order valence-electron chi connectivity index (χ0n) is 12.3. The molecular weight excluding hydrogens is 272 g/mol. The zero-order valence-corrected chi connectivity index (χ0v) is 12.3. The molecule has 1 aliphatic heterocycles. The third-order valence-electron chi connectivity index (χ3n) is 3.75. The summed E-state index contributed by atoms with van der Waals surface area (Å²) < 4.78 is 9.84. The SMILES string of the molecule is COC(=O)c1ccc(CNC(=O)CCC2CCNCC2)o1. The van der Waals surface area contributed by atoms with Gasteiger partial charge in [0.25, 0.3) is 0 Å². The van der Waals surface area contributed by atoms with Gasteiger partial charge in [-0.05, 0) is 50.4 Å². The van der Waals surface area contributed by atoms with Gasteiger partial charge in [0.05, 0.1) is 13.7 Å². The Bertz CT molecular complexity index is 478. The maximum Gasteiger partial charge on any atom is 0.373 e. The third-order valence-corrected chi connectivity index (χ3v) is 3.75. The molecule has 0 aliphatic carbocycles. The maximum atomic E-state index is 11.8. The number of hydrogen-bond donors (Lipinski definition) is 2. The van der Waals surface area contributed by atoms with Gasteiger partial charge < -0.3 is 19.8 Å². The molecule has 6 heteroatoms. The number of hydrogen-bond acceptors (Lipinski definition) is 5. The molecule has 2 heterocycles. The second-order valence-electron chi connectivity index (χ2n) is 5.27. The standard InChI is InChI=1S/C15H22N2O4/c1-20-15(19)13-4-3-12(21-13)10-17-14(18)5-2-11-6-8-16-9-7-11/h3-4,11,16H,2,5-10H2,1H3,(H,17,18). The van der Waals surface area contributed by atoms with Gasteiger partial charge in [0.1, 0.15) is 5.76 Å². The smallest absolute Gasteiger partial charge is 0.373 e. The molecule has 2 N–H and O–H groups in total. The van der Waals surface area contributed by atoms with Crippen LogP contribution in [0.4, 0.5) is 0 Å². The first-order chi connectivity index (χ1) is 10.2. The van der Waals surface area contributed by atoms with Gasteiger partial charge in [-0.25, -0.2) is 4.79 Å². The summed E-state index contributed by atoms with van der Waals surface area (Å²) in [4.78, 5) is 23.0. The lowest BCUT2D eigenvalue weighted by atomic mass is 9.93. The summed E-state index contributed by atoms with van der Waals surface area (Å²) in [7, 11) is 1.30. The van der Waals surface area contributed by atoms with Crippen LogP contribution < -0.4 is 10.6 Å². The molecule has 0 aromatic carbocycles. The van der Waals surface area contributed by atoms with E-state index in [9.17, 15) is 9.59 Å². The van der Waals surface area contributed by atoms with Crippen LogP contribution in [0.5, 0.6) is 0 Å². The van der Waals surface area contributed by atoms with Crippen molar-refractivity contribution in [3.63, 3.8) is 0 Å². The normalized spacial score (nSPS) is 15.7. The molecule has 116 valence electrons. The molecule has 0 unspecified atom stereocenters. The summed E-state index contributed by atoms with van der Waals surface area (Å²) in [5.41, 5.74) is 0. The molecule has 1 aliphatic rings. The lowest BCUT2D eigenvalue weighted by Crippen LogP contribution is -2.29. The van der Waals surface area contributed by atoms with E-state index in [1.165, 1.54) is 7.11 Å². The van der Waals surface area contributed by atoms with E-state index in [2.05, 4.69) is 15.4 Å². The fourth-order valence-electron chi connectivity index (χ4n) is 2.46. The van der Waals surface area contributed by atoms with E-state index in [0.717, 1.165) is 32.4 Å². The monoisotopic (exact) mass is 294 g/mol. The van der Waals surface area contributed by atoms with E-state index >= 15 is 0 Å². The topological polar surface area (TPSA) is 80.6 Å². The number of furan rings is 1. The highest BCUT2D eigenvalue weighted by Crippen LogP contribution is 2.17. The van der Waals surface area contributed by atoms with Crippen LogP contribution in [0.15, 0.2) is 16.5 Å². The number of nitrogens with one attached hydrogen (secondary N) is 2. The quantitative estimate of drug-likeness (QED) is 0.776. The first-order valence-electron chi connectivity index (χ1n) is 7.33. The molecular formula is C15H22N2O4. The van der Waals surface area contributed by atoms with Gasteiger partial charge >= 0.3 is 5.97 Å². The Morgan fingerprint density at radius 3 is 2.86 bits per heavy atom. The zero-order chi connectivity index (χ0) is 15.1. The lowest BCUT2D eigenvalue weighted by molar-refractivity contribution is -0.121. The minimum Gasteiger partial charge on any atom is -0.463 e. The van der Waals surface area contributed by atoms with Crippen molar-refractivity contribution in [1.29, 1.82) is 0 Å². The molecule has 0 spiro atoms. The van der Waals surface area contributed by atoms with Crippen LogP contribution in [-0.2, 0) is 16.1 Å². The van der Waals surface area contributed by atoms with E-state index in [4.69, 9.17) is 4.42 Å². The van der Waals surface area contributed by atoms with E-state index < -0.39 is 5.97 Å². The Labute approximate surface area is 124 Å². The molecule has 2 rings (SSSR count). The highest BCUT2D eigenvalue weighted by Gasteiger charge is 2.15. The predicted octanol–water partition coefficient (Wildman–Crippen LogP) is 1.46. The Morgan fingerprint density at radius 1 is 1.38 bits per heavy atom. The van der Waals surface area contributed by atoms with Crippen LogP contribution in [0, 0.1) is 5.92 Å². The molecule has 0 radical (unpaired) electrons. The summed E-state index contributed by atoms with van der Waals surface area (Å²) in [5, 5.41) is 6.12. The van der Waals surface area contributed by atoms with Crippen LogP contribution in [0.2, 0.25) is 0 Å². The van der Waals surface area contributed by atoms with Crippen molar-refractivity contribution in [2.45, 2.75) is 32.2 Å². The fraction of sp³-hybridized carbons (Fsp3) is 0.600. The Kier molecular flexibility index (Phi) is 5.80. The van der Waals surface area contributed by atoms with Gasteiger partial charge in [-0.15, -0.1) is 0 Å². The van der Waals surface area contributed by atoms with E-state index in [-0.39, 0.29) is 11.7 Å². The molecule has 6 nitrogen and oxygen atoms in total. The van der Waals surface area contributed by atoms with Gasteiger partial charge in [0.15, 0.2) is 0 Å². The van der Waals surface area contributed by atoms with Crippen molar-refractivity contribution in [2.75, 3.05) is 20.2 Å². The van der Waals surface area contributed by atoms with Crippen molar-refractivity contribution >= 4 is 11.9 Å². The van der Waals surface area contributed by atoms with Crippen LogP contribution in [0.3, 0.4) is 0 Å². The van der Waals surface area contributed by atoms with Gasteiger partial charge in [-0.1, -0.05) is 0 Å². The minimum atomic E-state index is -0.515. The summed E-state index contributed by atoms with van der Waals surface area (Å²) in [6.45, 7) is 2.39. The number of carbonyl (C=O) groups is 2. The van der Waals surface area contributed by atoms with E-state index in [0.29, 0.717) is 24.6 Å². The first kappa shape index (κ1) is 15.6.